The number of hydrogen-bond donors (Lipinski definition) is 2. The van der Waals surface area contributed by atoms with Crippen LogP contribution < -0.4 is 15.4 Å². The van der Waals surface area contributed by atoms with Crippen molar-refractivity contribution >= 4 is 44.5 Å². The fourth-order valence-electron chi connectivity index (χ4n) is 5.34. The lowest BCUT2D eigenvalue weighted by molar-refractivity contribution is -0.127. The molecule has 1 unspecified atom stereocenters. The van der Waals surface area contributed by atoms with Crippen molar-refractivity contribution in [3.63, 3.8) is 0 Å². The van der Waals surface area contributed by atoms with E-state index in [1.165, 1.54) is 53.1 Å². The van der Waals surface area contributed by atoms with Crippen LogP contribution in [-0.4, -0.2) is 54.3 Å². The van der Waals surface area contributed by atoms with Crippen LogP contribution in [0.15, 0.2) is 77.7 Å². The Morgan fingerprint density at radius 2 is 1.67 bits per heavy atom. The summed E-state index contributed by atoms with van der Waals surface area (Å²) in [4.78, 5) is 41.6. The van der Waals surface area contributed by atoms with Gasteiger partial charge >= 0.3 is 5.97 Å². The van der Waals surface area contributed by atoms with E-state index >= 15 is 0 Å². The second-order valence-corrected chi connectivity index (χ2v) is 12.0. The molecule has 0 bridgehead atoms. The summed E-state index contributed by atoms with van der Waals surface area (Å²) in [6, 6.07) is 17.6. The molecule has 1 saturated carbocycles. The normalized spacial score (nSPS) is 14.7. The lowest BCUT2D eigenvalue weighted by Crippen LogP contribution is -2.48. The Labute approximate surface area is 248 Å². The molecule has 0 spiro atoms. The van der Waals surface area contributed by atoms with Gasteiger partial charge in [0.05, 0.1) is 23.1 Å². The monoisotopic (exact) mass is 604 g/mol. The summed E-state index contributed by atoms with van der Waals surface area (Å²) < 4.78 is 30.2. The van der Waals surface area contributed by atoms with Gasteiger partial charge in [-0.2, -0.15) is 0 Å². The van der Waals surface area contributed by atoms with Gasteiger partial charge in [-0.3, -0.25) is 14.5 Å². The van der Waals surface area contributed by atoms with Gasteiger partial charge in [-0.25, -0.2) is 23.0 Å². The van der Waals surface area contributed by atoms with Gasteiger partial charge in [0.1, 0.15) is 18.1 Å². The van der Waals surface area contributed by atoms with Crippen LogP contribution >= 0.6 is 0 Å². The molecule has 3 N–H and O–H groups in total. The van der Waals surface area contributed by atoms with Crippen LogP contribution in [0.3, 0.4) is 0 Å². The fourth-order valence-corrected chi connectivity index (χ4v) is 5.85. The lowest BCUT2D eigenvalue weighted by atomic mass is 9.94. The highest BCUT2D eigenvalue weighted by molar-refractivity contribution is 7.89. The molecule has 5 rings (SSSR count). The minimum absolute atomic E-state index is 0.0564. The first-order valence-corrected chi connectivity index (χ1v) is 15.4. The van der Waals surface area contributed by atoms with Crippen molar-refractivity contribution < 1.29 is 27.5 Å². The van der Waals surface area contributed by atoms with Crippen molar-refractivity contribution in [3.8, 4) is 0 Å². The minimum Gasteiger partial charge on any atom is -0.465 e. The number of nitrogens with zero attached hydrogens (tertiary/aromatic N) is 4. The summed E-state index contributed by atoms with van der Waals surface area (Å²) in [5.74, 6) is -1.45. The molecular weight excluding hydrogens is 572 g/mol. The van der Waals surface area contributed by atoms with Crippen molar-refractivity contribution in [2.75, 3.05) is 12.0 Å². The molecule has 2 amide bonds. The molecule has 0 saturated heterocycles. The topological polar surface area (TPSA) is 167 Å². The number of rotatable bonds is 9. The van der Waals surface area contributed by atoms with Gasteiger partial charge in [0, 0.05) is 11.7 Å². The van der Waals surface area contributed by atoms with Crippen LogP contribution in [0.2, 0.25) is 0 Å². The van der Waals surface area contributed by atoms with Crippen molar-refractivity contribution in [1.82, 2.24) is 20.3 Å². The number of nitrogens with one attached hydrogen (secondary N) is 1. The SMILES string of the molecule is COC(=O)c1ccc(C(C(=O)NC2CCCCC2)N(C(=O)Cn2nnc3ccccc32)c2ccc(S(N)(=O)=O)cc2)cc1. The van der Waals surface area contributed by atoms with Crippen LogP contribution in [0.4, 0.5) is 5.69 Å². The summed E-state index contributed by atoms with van der Waals surface area (Å²) >= 11 is 0. The molecule has 12 nitrogen and oxygen atoms in total. The molecule has 3 aromatic carbocycles. The molecule has 43 heavy (non-hydrogen) atoms. The van der Waals surface area contributed by atoms with E-state index in [0.29, 0.717) is 16.6 Å². The van der Waals surface area contributed by atoms with E-state index in [4.69, 9.17) is 9.88 Å². The highest BCUT2D eigenvalue weighted by atomic mass is 32.2. The largest absolute Gasteiger partial charge is 0.465 e. The number of esters is 1. The molecule has 1 atom stereocenters. The van der Waals surface area contributed by atoms with Gasteiger partial charge in [-0.05, 0) is 66.9 Å². The Hall–Kier alpha value is -4.62. The maximum absolute atomic E-state index is 14.2. The fraction of sp³-hybridized carbons (Fsp3) is 0.300. The highest BCUT2D eigenvalue weighted by Gasteiger charge is 2.35. The van der Waals surface area contributed by atoms with Crippen LogP contribution in [0.25, 0.3) is 11.0 Å². The van der Waals surface area contributed by atoms with Gasteiger partial charge in [0.2, 0.25) is 21.8 Å². The van der Waals surface area contributed by atoms with E-state index in [-0.39, 0.29) is 28.7 Å². The Kier molecular flexibility index (Phi) is 8.83. The molecule has 1 aliphatic carbocycles. The summed E-state index contributed by atoms with van der Waals surface area (Å²) in [5.41, 5.74) is 2.22. The van der Waals surface area contributed by atoms with Crippen molar-refractivity contribution in [2.45, 2.75) is 55.6 Å². The maximum atomic E-state index is 14.2. The number of hydrogen-bond acceptors (Lipinski definition) is 8. The first kappa shape index (κ1) is 29.9. The first-order chi connectivity index (χ1) is 20.7. The number of ether oxygens (including phenoxy) is 1. The van der Waals surface area contributed by atoms with Crippen LogP contribution in [0.1, 0.15) is 54.1 Å². The third-order valence-corrected chi connectivity index (χ3v) is 8.45. The molecule has 1 aromatic heterocycles. The van der Waals surface area contributed by atoms with Gasteiger partial charge in [-0.1, -0.05) is 48.7 Å². The summed E-state index contributed by atoms with van der Waals surface area (Å²) in [7, 11) is -2.73. The van der Waals surface area contributed by atoms with E-state index in [9.17, 15) is 22.8 Å². The number of amides is 2. The summed E-state index contributed by atoms with van der Waals surface area (Å²) in [6.07, 6.45) is 4.71. The summed E-state index contributed by atoms with van der Waals surface area (Å²) in [5, 5.41) is 16.7. The van der Waals surface area contributed by atoms with E-state index in [1.54, 1.807) is 30.3 Å². The van der Waals surface area contributed by atoms with E-state index in [0.717, 1.165) is 32.1 Å². The molecule has 1 aliphatic rings. The molecule has 0 aliphatic heterocycles. The molecule has 13 heteroatoms. The van der Waals surface area contributed by atoms with E-state index in [2.05, 4.69) is 15.6 Å². The van der Waals surface area contributed by atoms with Gasteiger partial charge < -0.3 is 10.1 Å². The van der Waals surface area contributed by atoms with Gasteiger partial charge in [0.25, 0.3) is 0 Å². The molecule has 1 heterocycles. The Bertz CT molecular complexity index is 1730. The van der Waals surface area contributed by atoms with E-state index < -0.39 is 33.8 Å². The van der Waals surface area contributed by atoms with E-state index in [1.807, 2.05) is 6.07 Å². The number of para-hydroxylation sites is 1. The Morgan fingerprint density at radius 1 is 1.00 bits per heavy atom. The summed E-state index contributed by atoms with van der Waals surface area (Å²) in [6.45, 7) is -0.259. The van der Waals surface area contributed by atoms with Crippen molar-refractivity contribution in [2.24, 2.45) is 5.14 Å². The highest BCUT2D eigenvalue weighted by Crippen LogP contribution is 2.31. The number of sulfonamides is 1. The maximum Gasteiger partial charge on any atom is 0.337 e. The number of anilines is 1. The molecule has 0 radical (unpaired) electrons. The third-order valence-electron chi connectivity index (χ3n) is 7.52. The predicted molar refractivity (Wildman–Crippen MR) is 158 cm³/mol. The minimum atomic E-state index is -4.00. The number of aromatic nitrogens is 3. The Balaban J connectivity index is 1.60. The zero-order valence-electron chi connectivity index (χ0n) is 23.5. The smallest absolute Gasteiger partial charge is 0.337 e. The zero-order valence-corrected chi connectivity index (χ0v) is 24.4. The number of carbonyl (C=O) groups is 3. The second-order valence-electron chi connectivity index (χ2n) is 10.4. The average Bonchev–Trinajstić information content (AvgIpc) is 3.42. The van der Waals surface area contributed by atoms with Crippen LogP contribution in [-0.2, 0) is 30.9 Å². The molecular formula is C30H32N6O6S. The zero-order chi connectivity index (χ0) is 30.6. The van der Waals surface area contributed by atoms with Gasteiger partial charge in [0.15, 0.2) is 0 Å². The van der Waals surface area contributed by atoms with Crippen LogP contribution in [0, 0.1) is 0 Å². The molecule has 1 fully saturated rings. The quantitative estimate of drug-likeness (QED) is 0.275. The number of primary sulfonamides is 1. The number of nitrogens with two attached hydrogens (primary N) is 1. The number of methoxy groups -OCH3 is 1. The average molecular weight is 605 g/mol. The number of fused-ring (bicyclic) bond motifs is 1. The van der Waals surface area contributed by atoms with Gasteiger partial charge in [-0.15, -0.1) is 5.10 Å². The third kappa shape index (κ3) is 6.73. The number of benzene rings is 3. The molecule has 4 aromatic rings. The van der Waals surface area contributed by atoms with Crippen LogP contribution in [0.5, 0.6) is 0 Å². The second kappa shape index (κ2) is 12.7. The number of carbonyl (C=O) groups excluding carboxylic acids is 3. The Morgan fingerprint density at radius 3 is 2.33 bits per heavy atom. The van der Waals surface area contributed by atoms with Crippen molar-refractivity contribution in [3.05, 3.63) is 83.9 Å². The first-order valence-electron chi connectivity index (χ1n) is 13.9. The standard InChI is InChI=1S/C30H32N6O6S/c1-42-30(39)21-13-11-20(12-14-21)28(29(38)32-22-7-3-2-4-8-22)36(23-15-17-24(18-16-23)43(31,40)41)27(37)19-35-26-10-6-5-9-25(26)33-34-35/h5-6,9-18,22,28H,2-4,7-8,19H2,1H3,(H,32,38)(H2,31,40,41). The van der Waals surface area contributed by atoms with Crippen molar-refractivity contribution in [1.29, 1.82) is 0 Å². The predicted octanol–water partition coefficient (Wildman–Crippen LogP) is 3.09. The lowest BCUT2D eigenvalue weighted by Gasteiger charge is -2.33. The molecule has 224 valence electrons.